The fourth-order valence-corrected chi connectivity index (χ4v) is 2.13. The lowest BCUT2D eigenvalue weighted by Gasteiger charge is -2.11. The lowest BCUT2D eigenvalue weighted by molar-refractivity contribution is 0.328. The van der Waals surface area contributed by atoms with E-state index in [4.69, 9.17) is 10.5 Å². The topological polar surface area (TPSA) is 73.1 Å². The van der Waals surface area contributed by atoms with Crippen molar-refractivity contribution in [3.8, 4) is 5.88 Å². The van der Waals surface area contributed by atoms with Gasteiger partial charge < -0.3 is 15.8 Å². The Bertz CT molecular complexity index is 773. The molecule has 0 saturated heterocycles. The number of nitrogens with one attached hydrogen (secondary N) is 1. The van der Waals surface area contributed by atoms with Crippen LogP contribution in [0.4, 0.5) is 17.2 Å². The average Bonchev–Trinajstić information content (AvgIpc) is 2.51. The number of ether oxygens (including phenoxy) is 1. The first-order valence-electron chi connectivity index (χ1n) is 6.77. The van der Waals surface area contributed by atoms with Crippen LogP contribution in [0.2, 0.25) is 0 Å². The van der Waals surface area contributed by atoms with Gasteiger partial charge in [-0.15, -0.1) is 0 Å². The van der Waals surface area contributed by atoms with Crippen LogP contribution in [0.15, 0.2) is 48.8 Å². The van der Waals surface area contributed by atoms with Gasteiger partial charge in [-0.2, -0.15) is 4.98 Å². The third kappa shape index (κ3) is 2.72. The van der Waals surface area contributed by atoms with Gasteiger partial charge in [0, 0.05) is 5.69 Å². The molecule has 0 fully saturated rings. The lowest BCUT2D eigenvalue weighted by Crippen LogP contribution is -2.04. The zero-order valence-electron chi connectivity index (χ0n) is 11.7. The molecule has 0 spiro atoms. The van der Waals surface area contributed by atoms with Crippen molar-refractivity contribution in [2.75, 3.05) is 17.7 Å². The summed E-state index contributed by atoms with van der Waals surface area (Å²) in [5.41, 5.74) is 7.35. The van der Waals surface area contributed by atoms with Gasteiger partial charge in [0.05, 0.1) is 6.61 Å². The molecule has 1 heterocycles. The van der Waals surface area contributed by atoms with Crippen molar-refractivity contribution in [1.29, 1.82) is 0 Å². The maximum atomic E-state index is 6.02. The minimum Gasteiger partial charge on any atom is -0.476 e. The van der Waals surface area contributed by atoms with Crippen LogP contribution in [0.1, 0.15) is 6.92 Å². The number of hydrogen-bond donors (Lipinski definition) is 2. The van der Waals surface area contributed by atoms with E-state index >= 15 is 0 Å². The Morgan fingerprint density at radius 2 is 1.90 bits per heavy atom. The molecule has 0 saturated carbocycles. The zero-order chi connectivity index (χ0) is 14.7. The van der Waals surface area contributed by atoms with E-state index in [9.17, 15) is 0 Å². The van der Waals surface area contributed by atoms with E-state index in [-0.39, 0.29) is 0 Å². The predicted octanol–water partition coefficient (Wildman–Crippen LogP) is 3.35. The second-order valence-corrected chi connectivity index (χ2v) is 4.56. The largest absolute Gasteiger partial charge is 0.476 e. The number of fused-ring (bicyclic) bond motifs is 1. The van der Waals surface area contributed by atoms with Gasteiger partial charge in [-0.1, -0.05) is 30.3 Å². The smallest absolute Gasteiger partial charge is 0.242 e. The van der Waals surface area contributed by atoms with Gasteiger partial charge in [-0.3, -0.25) is 0 Å². The number of nitrogens with two attached hydrogens (primary N) is 1. The van der Waals surface area contributed by atoms with Crippen molar-refractivity contribution in [2.24, 2.45) is 0 Å². The Balaban J connectivity index is 1.93. The molecule has 0 atom stereocenters. The molecule has 0 unspecified atom stereocenters. The van der Waals surface area contributed by atoms with Crippen molar-refractivity contribution >= 4 is 28.0 Å². The number of aromatic nitrogens is 2. The lowest BCUT2D eigenvalue weighted by atomic mass is 10.1. The van der Waals surface area contributed by atoms with Crippen LogP contribution >= 0.6 is 0 Å². The van der Waals surface area contributed by atoms with Gasteiger partial charge in [0.1, 0.15) is 12.0 Å². The molecular weight excluding hydrogens is 264 g/mol. The normalized spacial score (nSPS) is 10.5. The quantitative estimate of drug-likeness (QED) is 0.766. The van der Waals surface area contributed by atoms with E-state index in [0.29, 0.717) is 24.0 Å². The molecule has 3 N–H and O–H groups in total. The molecule has 106 valence electrons. The van der Waals surface area contributed by atoms with E-state index in [1.54, 1.807) is 0 Å². The number of nitrogen functional groups attached to an aromatic ring is 1. The summed E-state index contributed by atoms with van der Waals surface area (Å²) >= 11 is 0. The molecule has 2 aromatic carbocycles. The van der Waals surface area contributed by atoms with Gasteiger partial charge in [0.2, 0.25) is 5.88 Å². The highest BCUT2D eigenvalue weighted by Crippen LogP contribution is 2.28. The van der Waals surface area contributed by atoms with Gasteiger partial charge in [0.25, 0.3) is 0 Å². The standard InChI is InChI=1S/C16H16N4O/c1-2-21-16-14(17)15(18-10-19-16)20-13-8-7-11-5-3-4-6-12(11)9-13/h3-10H,2,17H2,1H3,(H,18,19,20). The average molecular weight is 280 g/mol. The van der Waals surface area contributed by atoms with Crippen LogP contribution in [0.3, 0.4) is 0 Å². The van der Waals surface area contributed by atoms with E-state index in [1.165, 1.54) is 11.7 Å². The highest BCUT2D eigenvalue weighted by atomic mass is 16.5. The molecule has 1 aromatic heterocycles. The Kier molecular flexibility index (Phi) is 3.55. The Morgan fingerprint density at radius 3 is 2.71 bits per heavy atom. The van der Waals surface area contributed by atoms with Crippen LogP contribution in [0.25, 0.3) is 10.8 Å². The van der Waals surface area contributed by atoms with Crippen molar-refractivity contribution in [3.05, 3.63) is 48.8 Å². The first-order valence-corrected chi connectivity index (χ1v) is 6.77. The zero-order valence-corrected chi connectivity index (χ0v) is 11.7. The first-order chi connectivity index (χ1) is 10.3. The molecule has 0 aliphatic rings. The number of anilines is 3. The maximum Gasteiger partial charge on any atom is 0.242 e. The molecule has 3 aromatic rings. The second kappa shape index (κ2) is 5.66. The minimum atomic E-state index is 0.399. The molecule has 3 rings (SSSR count). The van der Waals surface area contributed by atoms with Crippen LogP contribution in [-0.4, -0.2) is 16.6 Å². The number of benzene rings is 2. The third-order valence-electron chi connectivity index (χ3n) is 3.14. The van der Waals surface area contributed by atoms with Gasteiger partial charge >= 0.3 is 0 Å². The minimum absolute atomic E-state index is 0.399. The molecule has 0 bridgehead atoms. The summed E-state index contributed by atoms with van der Waals surface area (Å²) in [7, 11) is 0. The summed E-state index contributed by atoms with van der Waals surface area (Å²) < 4.78 is 5.37. The Labute approximate surface area is 122 Å². The molecule has 0 amide bonds. The molecule has 5 nitrogen and oxygen atoms in total. The van der Waals surface area contributed by atoms with Gasteiger partial charge in [-0.25, -0.2) is 4.98 Å². The van der Waals surface area contributed by atoms with Crippen LogP contribution in [0.5, 0.6) is 5.88 Å². The van der Waals surface area contributed by atoms with Crippen molar-refractivity contribution in [2.45, 2.75) is 6.92 Å². The highest BCUT2D eigenvalue weighted by Gasteiger charge is 2.09. The van der Waals surface area contributed by atoms with Gasteiger partial charge in [-0.05, 0) is 29.8 Å². The molecule has 21 heavy (non-hydrogen) atoms. The fraction of sp³-hybridized carbons (Fsp3) is 0.125. The summed E-state index contributed by atoms with van der Waals surface area (Å²) in [6.07, 6.45) is 1.44. The number of nitrogens with zero attached hydrogens (tertiary/aromatic N) is 2. The summed E-state index contributed by atoms with van der Waals surface area (Å²) in [6.45, 7) is 2.40. The Hall–Kier alpha value is -2.82. The molecule has 0 aliphatic heterocycles. The number of rotatable bonds is 4. The summed E-state index contributed by atoms with van der Waals surface area (Å²) in [6, 6.07) is 14.3. The fourth-order valence-electron chi connectivity index (χ4n) is 2.13. The van der Waals surface area contributed by atoms with E-state index < -0.39 is 0 Å². The summed E-state index contributed by atoms with van der Waals surface area (Å²) in [5.74, 6) is 0.944. The maximum absolute atomic E-state index is 6.02. The van der Waals surface area contributed by atoms with E-state index in [0.717, 1.165) is 11.1 Å². The molecular formula is C16H16N4O. The predicted molar refractivity (Wildman–Crippen MR) is 84.8 cm³/mol. The molecule has 0 aliphatic carbocycles. The van der Waals surface area contributed by atoms with E-state index in [1.807, 2.05) is 25.1 Å². The number of hydrogen-bond acceptors (Lipinski definition) is 5. The van der Waals surface area contributed by atoms with Crippen molar-refractivity contribution in [1.82, 2.24) is 9.97 Å². The first kappa shape index (κ1) is 13.2. The van der Waals surface area contributed by atoms with Crippen LogP contribution in [-0.2, 0) is 0 Å². The van der Waals surface area contributed by atoms with Crippen molar-refractivity contribution in [3.63, 3.8) is 0 Å². The van der Waals surface area contributed by atoms with Gasteiger partial charge in [0.15, 0.2) is 5.82 Å². The van der Waals surface area contributed by atoms with E-state index in [2.05, 4.69) is 39.6 Å². The third-order valence-corrected chi connectivity index (χ3v) is 3.14. The van der Waals surface area contributed by atoms with Crippen molar-refractivity contribution < 1.29 is 4.74 Å². The molecule has 5 heteroatoms. The SMILES string of the molecule is CCOc1ncnc(Nc2ccc3ccccc3c2)c1N. The monoisotopic (exact) mass is 280 g/mol. The highest BCUT2D eigenvalue weighted by molar-refractivity contribution is 5.87. The van der Waals surface area contributed by atoms with Crippen LogP contribution < -0.4 is 15.8 Å². The molecule has 0 radical (unpaired) electrons. The summed E-state index contributed by atoms with van der Waals surface area (Å²) in [4.78, 5) is 8.19. The Morgan fingerprint density at radius 1 is 1.10 bits per heavy atom. The summed E-state index contributed by atoms with van der Waals surface area (Å²) in [5, 5.41) is 5.55. The second-order valence-electron chi connectivity index (χ2n) is 4.56. The van der Waals surface area contributed by atoms with Crippen LogP contribution in [0, 0.1) is 0 Å².